The Balaban J connectivity index is 2.20. The van der Waals surface area contributed by atoms with Crippen molar-refractivity contribution in [2.24, 2.45) is 0 Å². The summed E-state index contributed by atoms with van der Waals surface area (Å²) in [6.07, 6.45) is 4.29. The van der Waals surface area contributed by atoms with Gasteiger partial charge in [-0.25, -0.2) is 4.79 Å². The van der Waals surface area contributed by atoms with Crippen LogP contribution in [0.5, 0.6) is 0 Å². The second kappa shape index (κ2) is 8.57. The monoisotopic (exact) mass is 262 g/mol. The van der Waals surface area contributed by atoms with Crippen molar-refractivity contribution in [2.75, 3.05) is 13.1 Å². The minimum absolute atomic E-state index is 0.0548. The Bertz CT molecular complexity index is 402. The molecule has 0 aliphatic carbocycles. The highest BCUT2D eigenvalue weighted by Crippen LogP contribution is 2.10. The maximum Gasteiger partial charge on any atom is 0.314 e. The van der Waals surface area contributed by atoms with Crippen LogP contribution < -0.4 is 10.6 Å². The number of unbranched alkanes of at least 4 members (excludes halogenated alkanes) is 2. The van der Waals surface area contributed by atoms with Gasteiger partial charge < -0.3 is 10.6 Å². The van der Waals surface area contributed by atoms with Crippen molar-refractivity contribution in [3.05, 3.63) is 34.9 Å². The van der Waals surface area contributed by atoms with E-state index in [0.29, 0.717) is 6.54 Å². The van der Waals surface area contributed by atoms with Gasteiger partial charge in [-0.15, -0.1) is 0 Å². The Morgan fingerprint density at radius 3 is 2.53 bits per heavy atom. The third-order valence-electron chi connectivity index (χ3n) is 3.24. The van der Waals surface area contributed by atoms with Gasteiger partial charge in [0.15, 0.2) is 0 Å². The molecular formula is C16H26N2O. The Kier molecular flexibility index (Phi) is 7.01. The number of carbonyl (C=O) groups is 1. The molecule has 0 aliphatic heterocycles. The van der Waals surface area contributed by atoms with Crippen LogP contribution in [0.2, 0.25) is 0 Å². The minimum atomic E-state index is -0.0548. The van der Waals surface area contributed by atoms with Crippen molar-refractivity contribution in [2.45, 2.75) is 46.5 Å². The molecule has 0 unspecified atom stereocenters. The van der Waals surface area contributed by atoms with Crippen LogP contribution in [0.25, 0.3) is 0 Å². The van der Waals surface area contributed by atoms with Gasteiger partial charge in [0, 0.05) is 13.1 Å². The first-order chi connectivity index (χ1) is 9.13. The van der Waals surface area contributed by atoms with Crippen LogP contribution in [-0.4, -0.2) is 19.1 Å². The molecule has 3 heteroatoms. The highest BCUT2D eigenvalue weighted by molar-refractivity contribution is 5.73. The van der Waals surface area contributed by atoms with Crippen molar-refractivity contribution in [1.29, 1.82) is 0 Å². The fourth-order valence-corrected chi connectivity index (χ4v) is 2.08. The van der Waals surface area contributed by atoms with E-state index in [-0.39, 0.29) is 6.03 Å². The van der Waals surface area contributed by atoms with Crippen LogP contribution in [0.4, 0.5) is 4.79 Å². The summed E-state index contributed by atoms with van der Waals surface area (Å²) < 4.78 is 0. The van der Waals surface area contributed by atoms with Crippen molar-refractivity contribution < 1.29 is 4.79 Å². The number of benzene rings is 1. The lowest BCUT2D eigenvalue weighted by atomic mass is 10.0. The van der Waals surface area contributed by atoms with Gasteiger partial charge in [0.05, 0.1) is 0 Å². The average molecular weight is 262 g/mol. The fraction of sp³-hybridized carbons (Fsp3) is 0.562. The SMILES string of the molecule is CCCCCNC(=O)NCCc1ccc(C)cc1C. The van der Waals surface area contributed by atoms with Crippen LogP contribution in [0.1, 0.15) is 42.9 Å². The third-order valence-corrected chi connectivity index (χ3v) is 3.24. The average Bonchev–Trinajstić information content (AvgIpc) is 2.37. The minimum Gasteiger partial charge on any atom is -0.338 e. The van der Waals surface area contributed by atoms with Crippen molar-refractivity contribution >= 4 is 6.03 Å². The first-order valence-electron chi connectivity index (χ1n) is 7.21. The van der Waals surface area contributed by atoms with E-state index in [4.69, 9.17) is 0 Å². The van der Waals surface area contributed by atoms with Crippen molar-refractivity contribution in [1.82, 2.24) is 10.6 Å². The highest BCUT2D eigenvalue weighted by atomic mass is 16.2. The zero-order valence-electron chi connectivity index (χ0n) is 12.4. The summed E-state index contributed by atoms with van der Waals surface area (Å²) in [4.78, 5) is 11.5. The van der Waals surface area contributed by atoms with Gasteiger partial charge >= 0.3 is 6.03 Å². The number of hydrogen-bond donors (Lipinski definition) is 2. The predicted octanol–water partition coefficient (Wildman–Crippen LogP) is 3.34. The maximum atomic E-state index is 11.5. The van der Waals surface area contributed by atoms with Gasteiger partial charge in [0.2, 0.25) is 0 Å². The van der Waals surface area contributed by atoms with E-state index in [2.05, 4.69) is 49.6 Å². The number of aryl methyl sites for hydroxylation is 2. The molecule has 0 spiro atoms. The molecule has 0 heterocycles. The van der Waals surface area contributed by atoms with E-state index in [1.807, 2.05) is 0 Å². The molecule has 0 bridgehead atoms. The molecule has 0 fully saturated rings. The second-order valence-corrected chi connectivity index (χ2v) is 5.07. The quantitative estimate of drug-likeness (QED) is 0.727. The third kappa shape index (κ3) is 6.27. The number of amides is 2. The summed E-state index contributed by atoms with van der Waals surface area (Å²) in [6.45, 7) is 7.82. The summed E-state index contributed by atoms with van der Waals surface area (Å²) in [6, 6.07) is 6.39. The van der Waals surface area contributed by atoms with E-state index < -0.39 is 0 Å². The molecule has 2 amide bonds. The molecule has 0 aromatic heterocycles. The summed E-state index contributed by atoms with van der Waals surface area (Å²) in [5, 5.41) is 5.78. The van der Waals surface area contributed by atoms with E-state index in [1.54, 1.807) is 0 Å². The number of carbonyl (C=O) groups excluding carboxylic acids is 1. The molecule has 19 heavy (non-hydrogen) atoms. The molecule has 0 saturated heterocycles. The molecule has 1 aromatic rings. The largest absolute Gasteiger partial charge is 0.338 e. The van der Waals surface area contributed by atoms with Gasteiger partial charge in [-0.1, -0.05) is 43.5 Å². The number of rotatable bonds is 7. The van der Waals surface area contributed by atoms with Crippen molar-refractivity contribution in [3.8, 4) is 0 Å². The van der Waals surface area contributed by atoms with Crippen LogP contribution in [0.15, 0.2) is 18.2 Å². The summed E-state index contributed by atoms with van der Waals surface area (Å²) in [5.41, 5.74) is 3.88. The smallest absolute Gasteiger partial charge is 0.314 e. The summed E-state index contributed by atoms with van der Waals surface area (Å²) >= 11 is 0. The van der Waals surface area contributed by atoms with Gasteiger partial charge in [0.1, 0.15) is 0 Å². The maximum absolute atomic E-state index is 11.5. The van der Waals surface area contributed by atoms with Gasteiger partial charge in [-0.2, -0.15) is 0 Å². The van der Waals surface area contributed by atoms with Crippen LogP contribution in [0.3, 0.4) is 0 Å². The molecule has 0 saturated carbocycles. The molecule has 3 nitrogen and oxygen atoms in total. The second-order valence-electron chi connectivity index (χ2n) is 5.07. The van der Waals surface area contributed by atoms with E-state index in [9.17, 15) is 4.79 Å². The lowest BCUT2D eigenvalue weighted by Gasteiger charge is -2.09. The van der Waals surface area contributed by atoms with Gasteiger partial charge in [-0.3, -0.25) is 0 Å². The first-order valence-corrected chi connectivity index (χ1v) is 7.21. The lowest BCUT2D eigenvalue weighted by molar-refractivity contribution is 0.241. The topological polar surface area (TPSA) is 41.1 Å². The zero-order valence-corrected chi connectivity index (χ0v) is 12.4. The van der Waals surface area contributed by atoms with Crippen LogP contribution >= 0.6 is 0 Å². The highest BCUT2D eigenvalue weighted by Gasteiger charge is 2.01. The zero-order chi connectivity index (χ0) is 14.1. The number of hydrogen-bond acceptors (Lipinski definition) is 1. The predicted molar refractivity (Wildman–Crippen MR) is 80.5 cm³/mol. The van der Waals surface area contributed by atoms with E-state index in [1.165, 1.54) is 29.5 Å². The molecule has 1 aromatic carbocycles. The molecule has 0 aliphatic rings. The van der Waals surface area contributed by atoms with Gasteiger partial charge in [0.25, 0.3) is 0 Å². The lowest BCUT2D eigenvalue weighted by Crippen LogP contribution is -2.37. The Hall–Kier alpha value is -1.51. The Morgan fingerprint density at radius 2 is 1.84 bits per heavy atom. The Labute approximate surface area is 116 Å². The molecule has 0 radical (unpaired) electrons. The molecule has 1 rings (SSSR count). The molecular weight excluding hydrogens is 236 g/mol. The Morgan fingerprint density at radius 1 is 1.11 bits per heavy atom. The standard InChI is InChI=1S/C16H26N2O/c1-4-5-6-10-17-16(19)18-11-9-15-8-7-13(2)12-14(15)3/h7-8,12H,4-6,9-11H2,1-3H3,(H2,17,18,19). The summed E-state index contributed by atoms with van der Waals surface area (Å²) in [7, 11) is 0. The number of urea groups is 1. The normalized spacial score (nSPS) is 10.3. The van der Waals surface area contributed by atoms with E-state index >= 15 is 0 Å². The first kappa shape index (κ1) is 15.5. The van der Waals surface area contributed by atoms with Crippen molar-refractivity contribution in [3.63, 3.8) is 0 Å². The van der Waals surface area contributed by atoms with Crippen LogP contribution in [-0.2, 0) is 6.42 Å². The van der Waals surface area contributed by atoms with Gasteiger partial charge in [-0.05, 0) is 37.8 Å². The molecule has 0 atom stereocenters. The number of nitrogens with one attached hydrogen (secondary N) is 2. The summed E-state index contributed by atoms with van der Waals surface area (Å²) in [5.74, 6) is 0. The van der Waals surface area contributed by atoms with E-state index in [0.717, 1.165) is 19.4 Å². The van der Waals surface area contributed by atoms with Crippen LogP contribution in [0, 0.1) is 13.8 Å². The molecule has 2 N–H and O–H groups in total. The molecule has 106 valence electrons. The fourth-order valence-electron chi connectivity index (χ4n) is 2.08.